The number of Topliss-reactive ketones (excluding diaryl/α,β-unsaturated/α-hetero) is 1. The predicted molar refractivity (Wildman–Crippen MR) is 173 cm³/mol. The van der Waals surface area contributed by atoms with Crippen molar-refractivity contribution in [3.63, 3.8) is 0 Å². The topological polar surface area (TPSA) is 83.5 Å². The first kappa shape index (κ1) is 34.9. The monoisotopic (exact) mass is 565 g/mol. The number of nitrogens with two attached hydrogens (primary N) is 1. The molecule has 218 valence electrons. The average molecular weight is 566 g/mol. The summed E-state index contributed by atoms with van der Waals surface area (Å²) in [5, 5.41) is 20.1. The van der Waals surface area contributed by atoms with Crippen LogP contribution in [-0.2, 0) is 4.79 Å². The number of hydrogen-bond acceptors (Lipinski definition) is 4. The van der Waals surface area contributed by atoms with Gasteiger partial charge in [-0.05, 0) is 94.3 Å². The molecule has 0 unspecified atom stereocenters. The van der Waals surface area contributed by atoms with Crippen LogP contribution in [0, 0.1) is 11.8 Å². The van der Waals surface area contributed by atoms with E-state index in [1.54, 1.807) is 50.3 Å². The number of carbonyl (C=O) groups excluding carboxylic acids is 1. The Morgan fingerprint density at radius 3 is 2.30 bits per heavy atom. The number of aliphatic hydroxyl groups is 1. The van der Waals surface area contributed by atoms with E-state index in [1.165, 1.54) is 31.7 Å². The summed E-state index contributed by atoms with van der Waals surface area (Å²) >= 11 is 6.29. The molecular formula is C35H48ClNO3. The van der Waals surface area contributed by atoms with Crippen LogP contribution in [0.15, 0.2) is 95.9 Å². The smallest absolute Gasteiger partial charge is 0.163 e. The second kappa shape index (κ2) is 18.3. The molecule has 0 atom stereocenters. The summed E-state index contributed by atoms with van der Waals surface area (Å²) in [6, 6.07) is 4.79. The first-order valence-electron chi connectivity index (χ1n) is 14.1. The molecule has 4 nitrogen and oxygen atoms in total. The van der Waals surface area contributed by atoms with E-state index >= 15 is 0 Å². The third-order valence-electron chi connectivity index (χ3n) is 6.98. The van der Waals surface area contributed by atoms with E-state index in [4.69, 9.17) is 17.3 Å². The second-order valence-electron chi connectivity index (χ2n) is 10.6. The fraction of sp³-hybridized carbons (Fsp3) is 0.400. The summed E-state index contributed by atoms with van der Waals surface area (Å²) < 4.78 is 0. The van der Waals surface area contributed by atoms with E-state index in [9.17, 15) is 15.0 Å². The van der Waals surface area contributed by atoms with Gasteiger partial charge in [0.25, 0.3) is 0 Å². The van der Waals surface area contributed by atoms with Crippen LogP contribution < -0.4 is 5.73 Å². The van der Waals surface area contributed by atoms with Crippen molar-refractivity contribution in [1.82, 2.24) is 0 Å². The third-order valence-corrected chi connectivity index (χ3v) is 7.30. The Kier molecular flexibility index (Phi) is 16.0. The molecule has 1 aromatic rings. The van der Waals surface area contributed by atoms with Crippen molar-refractivity contribution in [3.8, 4) is 5.75 Å². The third kappa shape index (κ3) is 12.4. The van der Waals surface area contributed by atoms with Crippen LogP contribution in [0.25, 0.3) is 5.57 Å². The van der Waals surface area contributed by atoms with Gasteiger partial charge in [-0.1, -0.05) is 92.5 Å². The molecule has 1 aliphatic carbocycles. The van der Waals surface area contributed by atoms with Crippen LogP contribution in [0.1, 0.15) is 78.7 Å². The normalized spacial score (nSPS) is 18.8. The van der Waals surface area contributed by atoms with E-state index in [2.05, 4.69) is 20.1 Å². The van der Waals surface area contributed by atoms with Gasteiger partial charge in [0.2, 0.25) is 0 Å². The molecule has 0 saturated heterocycles. The highest BCUT2D eigenvalue weighted by atomic mass is 35.5. The maximum Gasteiger partial charge on any atom is 0.163 e. The summed E-state index contributed by atoms with van der Waals surface area (Å²) in [7, 11) is 0. The Bertz CT molecular complexity index is 1150. The molecule has 2 rings (SSSR count). The highest BCUT2D eigenvalue weighted by molar-refractivity contribution is 6.35. The largest absolute Gasteiger partial charge is 0.508 e. The fourth-order valence-electron chi connectivity index (χ4n) is 4.30. The number of carbonyl (C=O) groups is 1. The second-order valence-corrected chi connectivity index (χ2v) is 11.0. The van der Waals surface area contributed by atoms with Crippen LogP contribution in [0.2, 0.25) is 5.02 Å². The molecule has 4 N–H and O–H groups in total. The molecule has 0 heterocycles. The Hall–Kier alpha value is -3.08. The number of halogens is 1. The molecule has 0 aliphatic heterocycles. The number of aliphatic hydroxyl groups excluding tert-OH is 1. The van der Waals surface area contributed by atoms with Gasteiger partial charge in [-0.3, -0.25) is 4.79 Å². The van der Waals surface area contributed by atoms with Crippen molar-refractivity contribution < 1.29 is 15.0 Å². The van der Waals surface area contributed by atoms with Gasteiger partial charge in [-0.2, -0.15) is 0 Å². The zero-order valence-corrected chi connectivity index (χ0v) is 25.7. The van der Waals surface area contributed by atoms with Crippen molar-refractivity contribution in [2.45, 2.75) is 73.1 Å². The number of hydrogen-bond donors (Lipinski definition) is 3. The maximum absolute atomic E-state index is 12.7. The van der Waals surface area contributed by atoms with Crippen LogP contribution in [0.3, 0.4) is 0 Å². The zero-order chi connectivity index (χ0) is 30.2. The van der Waals surface area contributed by atoms with Gasteiger partial charge < -0.3 is 15.9 Å². The molecule has 5 heteroatoms. The number of ketones is 1. The van der Waals surface area contributed by atoms with Crippen molar-refractivity contribution >= 4 is 23.0 Å². The quantitative estimate of drug-likeness (QED) is 0.142. The molecule has 0 bridgehead atoms. The number of aromatic hydroxyl groups is 1. The molecule has 0 amide bonds. The maximum atomic E-state index is 12.7. The van der Waals surface area contributed by atoms with Crippen LogP contribution in [0.5, 0.6) is 5.75 Å². The van der Waals surface area contributed by atoms with Gasteiger partial charge >= 0.3 is 0 Å². The number of phenolic OH excluding ortho intramolecular Hbond substituents is 1. The number of phenols is 1. The fourth-order valence-corrected chi connectivity index (χ4v) is 4.57. The highest BCUT2D eigenvalue weighted by Gasteiger charge is 2.18. The minimum absolute atomic E-state index is 0.0409. The van der Waals surface area contributed by atoms with E-state index in [1.807, 2.05) is 26.0 Å². The Morgan fingerprint density at radius 2 is 1.77 bits per heavy atom. The van der Waals surface area contributed by atoms with E-state index < -0.39 is 0 Å². The lowest BCUT2D eigenvalue weighted by atomic mass is 9.83. The Morgan fingerprint density at radius 1 is 1.12 bits per heavy atom. The van der Waals surface area contributed by atoms with Crippen molar-refractivity contribution in [2.75, 3.05) is 6.54 Å². The summed E-state index contributed by atoms with van der Waals surface area (Å²) in [6.07, 6.45) is 17.0. The molecule has 1 aliphatic rings. The number of benzene rings is 1. The van der Waals surface area contributed by atoms with Gasteiger partial charge in [0.1, 0.15) is 11.5 Å². The number of rotatable bonds is 11. The lowest BCUT2D eigenvalue weighted by Gasteiger charge is -2.24. The minimum atomic E-state index is -0.126. The summed E-state index contributed by atoms with van der Waals surface area (Å²) in [4.78, 5) is 12.7. The molecule has 0 aromatic heterocycles. The van der Waals surface area contributed by atoms with Gasteiger partial charge in [0, 0.05) is 17.6 Å². The SMILES string of the molecule is C=C(/C=C\C(O)=C/C)C/C(C)=C/C=C(/C=C(\C(=O)CC)c1c(O)cccc1Cl)C(=C)C.CC1CCC(CN)CC1. The lowest BCUT2D eigenvalue weighted by molar-refractivity contribution is -0.113. The van der Waals surface area contributed by atoms with Crippen LogP contribution in [0.4, 0.5) is 0 Å². The molecule has 1 fully saturated rings. The summed E-state index contributed by atoms with van der Waals surface area (Å²) in [5.74, 6) is 1.83. The average Bonchev–Trinajstić information content (AvgIpc) is 2.92. The number of allylic oxidation sites excluding steroid dienone is 11. The van der Waals surface area contributed by atoms with E-state index in [0.29, 0.717) is 22.6 Å². The lowest BCUT2D eigenvalue weighted by Crippen LogP contribution is -2.20. The highest BCUT2D eigenvalue weighted by Crippen LogP contribution is 2.34. The first-order chi connectivity index (χ1) is 18.9. The van der Waals surface area contributed by atoms with Crippen LogP contribution in [-0.4, -0.2) is 22.5 Å². The van der Waals surface area contributed by atoms with Crippen molar-refractivity contribution in [2.24, 2.45) is 17.6 Å². The van der Waals surface area contributed by atoms with Gasteiger partial charge in [-0.25, -0.2) is 0 Å². The van der Waals surface area contributed by atoms with Crippen LogP contribution >= 0.6 is 11.6 Å². The predicted octanol–water partition coefficient (Wildman–Crippen LogP) is 9.59. The van der Waals surface area contributed by atoms with Gasteiger partial charge in [0.05, 0.1) is 5.02 Å². The zero-order valence-electron chi connectivity index (χ0n) is 25.0. The van der Waals surface area contributed by atoms with Crippen molar-refractivity contribution in [1.29, 1.82) is 0 Å². The molecule has 40 heavy (non-hydrogen) atoms. The molecule has 1 saturated carbocycles. The van der Waals surface area contributed by atoms with E-state index in [-0.39, 0.29) is 23.7 Å². The van der Waals surface area contributed by atoms with E-state index in [0.717, 1.165) is 40.7 Å². The summed E-state index contributed by atoms with van der Waals surface area (Å²) in [6.45, 7) is 18.6. The summed E-state index contributed by atoms with van der Waals surface area (Å²) in [5.41, 5.74) is 9.65. The molecule has 0 radical (unpaired) electrons. The Balaban J connectivity index is 0.000000747. The van der Waals surface area contributed by atoms with Gasteiger partial charge in [-0.15, -0.1) is 0 Å². The standard InChI is InChI=1S/C27H31ClO3.C8H17N/c1-7-22(29)15-13-20(6)16-19(5)12-14-21(18(3)4)17-23(25(30)8-2)27-24(28)10-9-11-26(27)31;1-7-2-4-8(6-9)5-3-7/h7,9-15,17,29,31H,3,6,8,16H2,1-2,4-5H3;7-8H,2-6,9H2,1H3/b15-13-,19-12+,21-14-,22-7+,23-17+;. The van der Waals surface area contributed by atoms with Gasteiger partial charge in [0.15, 0.2) is 5.78 Å². The molecular weight excluding hydrogens is 518 g/mol. The Labute approximate surface area is 247 Å². The van der Waals surface area contributed by atoms with Crippen molar-refractivity contribution in [3.05, 3.63) is 106 Å². The minimum Gasteiger partial charge on any atom is -0.508 e. The molecule has 1 aromatic carbocycles. The molecule has 0 spiro atoms. The first-order valence-corrected chi connectivity index (χ1v) is 14.5.